The first-order chi connectivity index (χ1) is 6.29. The summed E-state index contributed by atoms with van der Waals surface area (Å²) in [6.45, 7) is 0. The molecule has 0 aromatic heterocycles. The van der Waals surface area contributed by atoms with Gasteiger partial charge in [-0.2, -0.15) is 0 Å². The zero-order valence-corrected chi connectivity index (χ0v) is 7.84. The van der Waals surface area contributed by atoms with Gasteiger partial charge in [-0.15, -0.1) is 8.78 Å². The lowest BCUT2D eigenvalue weighted by molar-refractivity contribution is -0.0967. The largest absolute Gasteiger partial charge is 0.487 e. The van der Waals surface area contributed by atoms with Gasteiger partial charge in [-0.05, 0) is 0 Å². The normalized spacial score (nSPS) is 11.6. The van der Waals surface area contributed by atoms with Crippen LogP contribution in [0, 0.1) is 11.6 Å². The molecule has 0 aliphatic heterocycles. The summed E-state index contributed by atoms with van der Waals surface area (Å²) in [7, 11) is 0. The van der Waals surface area contributed by atoms with E-state index < -0.39 is 28.0 Å². The Balaban J connectivity index is 3.02. The molecule has 1 rings (SSSR count). The van der Waals surface area contributed by atoms with Gasteiger partial charge in [-0.1, -0.05) is 11.6 Å². The maximum absolute atomic E-state index is 12.7. The van der Waals surface area contributed by atoms with E-state index >= 15 is 0 Å². The fourth-order valence-corrected chi connectivity index (χ4v) is 0.923. The standard InChI is InChI=1S/C7H2Cl2F4O/c8-6-4(10)1-3(2-5(6)11)14-7(9,12)13/h1-2H. The molecule has 0 spiro atoms. The Labute approximate surface area is 86.2 Å². The molecule has 1 nitrogen and oxygen atoms in total. The summed E-state index contributed by atoms with van der Waals surface area (Å²) in [6, 6.07) is 1.00. The molecule has 0 unspecified atom stereocenters. The maximum atomic E-state index is 12.7. The lowest BCUT2D eigenvalue weighted by atomic mass is 10.3. The van der Waals surface area contributed by atoms with Crippen molar-refractivity contribution in [3.63, 3.8) is 0 Å². The van der Waals surface area contributed by atoms with Crippen molar-refractivity contribution >= 4 is 23.2 Å². The molecule has 0 bridgehead atoms. The molecule has 0 saturated carbocycles. The van der Waals surface area contributed by atoms with E-state index in [4.69, 9.17) is 11.6 Å². The highest BCUT2D eigenvalue weighted by molar-refractivity contribution is 6.30. The van der Waals surface area contributed by atoms with Crippen LogP contribution in [0.4, 0.5) is 17.6 Å². The molecule has 0 saturated heterocycles. The minimum Gasteiger partial charge on any atom is -0.420 e. The SMILES string of the molecule is Fc1cc(OC(F)(F)Cl)cc(F)c1Cl. The van der Waals surface area contributed by atoms with Gasteiger partial charge in [-0.3, -0.25) is 0 Å². The molecule has 1 aromatic rings. The van der Waals surface area contributed by atoms with E-state index in [0.717, 1.165) is 0 Å². The van der Waals surface area contributed by atoms with E-state index in [0.29, 0.717) is 12.1 Å². The predicted molar refractivity (Wildman–Crippen MR) is 42.8 cm³/mol. The van der Waals surface area contributed by atoms with E-state index in [1.54, 1.807) is 0 Å². The van der Waals surface area contributed by atoms with Crippen molar-refractivity contribution in [2.75, 3.05) is 0 Å². The van der Waals surface area contributed by atoms with Crippen molar-refractivity contribution < 1.29 is 22.3 Å². The predicted octanol–water partition coefficient (Wildman–Crippen LogP) is 3.79. The second-order valence-corrected chi connectivity index (χ2v) is 3.07. The third-order valence-electron chi connectivity index (χ3n) is 1.19. The first-order valence-corrected chi connectivity index (χ1v) is 3.95. The van der Waals surface area contributed by atoms with Gasteiger partial charge < -0.3 is 4.74 Å². The Hall–Kier alpha value is -0.680. The summed E-state index contributed by atoms with van der Waals surface area (Å²) in [5.41, 5.74) is -4.02. The van der Waals surface area contributed by atoms with Crippen molar-refractivity contribution in [3.05, 3.63) is 28.8 Å². The number of rotatable bonds is 2. The Morgan fingerprint density at radius 2 is 1.57 bits per heavy atom. The monoisotopic (exact) mass is 248 g/mol. The van der Waals surface area contributed by atoms with E-state index in [1.165, 1.54) is 0 Å². The van der Waals surface area contributed by atoms with Crippen LogP contribution in [0.5, 0.6) is 5.75 Å². The topological polar surface area (TPSA) is 9.23 Å². The zero-order chi connectivity index (χ0) is 10.9. The zero-order valence-electron chi connectivity index (χ0n) is 6.33. The van der Waals surface area contributed by atoms with E-state index in [-0.39, 0.29) is 0 Å². The number of hydrogen-bond donors (Lipinski definition) is 0. The lowest BCUT2D eigenvalue weighted by Crippen LogP contribution is -2.15. The average Bonchev–Trinajstić information content (AvgIpc) is 1.96. The van der Waals surface area contributed by atoms with Crippen molar-refractivity contribution in [1.82, 2.24) is 0 Å². The van der Waals surface area contributed by atoms with E-state index in [2.05, 4.69) is 16.3 Å². The average molecular weight is 249 g/mol. The summed E-state index contributed by atoms with van der Waals surface area (Å²) >= 11 is 9.47. The van der Waals surface area contributed by atoms with Gasteiger partial charge in [-0.25, -0.2) is 8.78 Å². The number of alkyl halides is 3. The van der Waals surface area contributed by atoms with Crippen molar-refractivity contribution in [2.24, 2.45) is 0 Å². The molecule has 14 heavy (non-hydrogen) atoms. The van der Waals surface area contributed by atoms with Crippen LogP contribution >= 0.6 is 23.2 Å². The second kappa shape index (κ2) is 3.82. The summed E-state index contributed by atoms with van der Waals surface area (Å²) in [5.74, 6) is -3.16. The van der Waals surface area contributed by atoms with Crippen molar-refractivity contribution in [1.29, 1.82) is 0 Å². The Morgan fingerprint density at radius 3 is 1.93 bits per heavy atom. The van der Waals surface area contributed by atoms with Crippen LogP contribution < -0.4 is 4.74 Å². The second-order valence-electron chi connectivity index (χ2n) is 2.25. The lowest BCUT2D eigenvalue weighted by Gasteiger charge is -2.10. The van der Waals surface area contributed by atoms with Gasteiger partial charge in [0.1, 0.15) is 22.4 Å². The summed E-state index contributed by atoms with van der Waals surface area (Å²) in [6.07, 6.45) is 0. The molecule has 0 aliphatic rings. The van der Waals surface area contributed by atoms with Crippen molar-refractivity contribution in [3.8, 4) is 5.75 Å². The maximum Gasteiger partial charge on any atom is 0.487 e. The third kappa shape index (κ3) is 2.92. The van der Waals surface area contributed by atoms with Crippen LogP contribution in [0.2, 0.25) is 5.02 Å². The summed E-state index contributed by atoms with van der Waals surface area (Å²) in [5, 5.41) is -0.796. The van der Waals surface area contributed by atoms with Gasteiger partial charge in [0.25, 0.3) is 0 Å². The van der Waals surface area contributed by atoms with Crippen LogP contribution in [0.15, 0.2) is 12.1 Å². The molecule has 0 radical (unpaired) electrons. The van der Waals surface area contributed by atoms with E-state index in [9.17, 15) is 17.6 Å². The molecule has 0 aliphatic carbocycles. The van der Waals surface area contributed by atoms with Gasteiger partial charge >= 0.3 is 5.57 Å². The third-order valence-corrected chi connectivity index (χ3v) is 1.63. The van der Waals surface area contributed by atoms with Crippen LogP contribution in [0.25, 0.3) is 0 Å². The number of ether oxygens (including phenoxy) is 1. The Kier molecular flexibility index (Phi) is 3.11. The molecule has 0 heterocycles. The van der Waals surface area contributed by atoms with Crippen LogP contribution in [-0.2, 0) is 0 Å². The first-order valence-electron chi connectivity index (χ1n) is 3.20. The molecular weight excluding hydrogens is 247 g/mol. The highest BCUT2D eigenvalue weighted by Gasteiger charge is 2.28. The highest BCUT2D eigenvalue weighted by Crippen LogP contribution is 2.29. The fourth-order valence-electron chi connectivity index (χ4n) is 0.725. The van der Waals surface area contributed by atoms with Crippen molar-refractivity contribution in [2.45, 2.75) is 5.57 Å². The van der Waals surface area contributed by atoms with Crippen LogP contribution in [-0.4, -0.2) is 5.57 Å². The smallest absolute Gasteiger partial charge is 0.420 e. The molecule has 0 amide bonds. The summed E-state index contributed by atoms with van der Waals surface area (Å²) in [4.78, 5) is 0. The minimum absolute atomic E-state index is 0.502. The van der Waals surface area contributed by atoms with E-state index in [1.807, 2.05) is 0 Å². The molecule has 7 heteroatoms. The quantitative estimate of drug-likeness (QED) is 0.440. The van der Waals surface area contributed by atoms with Gasteiger partial charge in [0, 0.05) is 23.7 Å². The molecule has 0 fully saturated rings. The number of hydrogen-bond acceptors (Lipinski definition) is 1. The molecule has 78 valence electrons. The highest BCUT2D eigenvalue weighted by atomic mass is 35.5. The number of halogens is 6. The Bertz CT molecular complexity index is 327. The minimum atomic E-state index is -4.02. The molecule has 1 aromatic carbocycles. The van der Waals surface area contributed by atoms with Gasteiger partial charge in [0.05, 0.1) is 0 Å². The van der Waals surface area contributed by atoms with Crippen LogP contribution in [0.1, 0.15) is 0 Å². The summed E-state index contributed by atoms with van der Waals surface area (Å²) < 4.78 is 53.1. The molecular formula is C7H2Cl2F4O. The fraction of sp³-hybridized carbons (Fsp3) is 0.143. The number of benzene rings is 1. The van der Waals surface area contributed by atoms with Gasteiger partial charge in [0.2, 0.25) is 0 Å². The molecule has 0 atom stereocenters. The van der Waals surface area contributed by atoms with Crippen LogP contribution in [0.3, 0.4) is 0 Å². The Morgan fingerprint density at radius 1 is 1.14 bits per heavy atom. The van der Waals surface area contributed by atoms with Gasteiger partial charge in [0.15, 0.2) is 0 Å². The molecule has 0 N–H and O–H groups in total. The first kappa shape index (κ1) is 11.4.